The maximum atomic E-state index is 13.3. The molecule has 1 fully saturated rings. The van der Waals surface area contributed by atoms with Crippen molar-refractivity contribution in [3.8, 4) is 0 Å². The lowest BCUT2D eigenvalue weighted by Crippen LogP contribution is -2.67. The highest BCUT2D eigenvalue weighted by atomic mass is 79.9. The molecule has 7 heteroatoms. The van der Waals surface area contributed by atoms with Crippen LogP contribution in [0.1, 0.15) is 19.4 Å². The average molecular weight is 336 g/mol. The summed E-state index contributed by atoms with van der Waals surface area (Å²) in [7, 11) is -3.71. The molecule has 1 amide bonds. The summed E-state index contributed by atoms with van der Waals surface area (Å²) in [6, 6.07) is 2.49. The van der Waals surface area contributed by atoms with Gasteiger partial charge in [0.15, 0.2) is 4.75 Å². The van der Waals surface area contributed by atoms with E-state index < -0.39 is 26.5 Å². The molecule has 0 aromatic heterocycles. The first kappa shape index (κ1) is 13.5. The molecule has 1 saturated heterocycles. The van der Waals surface area contributed by atoms with Crippen LogP contribution in [0.25, 0.3) is 0 Å². The zero-order valence-corrected chi connectivity index (χ0v) is 12.4. The predicted octanol–water partition coefficient (Wildman–Crippen LogP) is 2.35. The van der Waals surface area contributed by atoms with Crippen molar-refractivity contribution >= 4 is 37.5 Å². The van der Waals surface area contributed by atoms with Crippen LogP contribution in [0.4, 0.5) is 10.1 Å². The highest BCUT2D eigenvalue weighted by Crippen LogP contribution is 2.41. The Hall–Kier alpha value is -0.950. The van der Waals surface area contributed by atoms with Gasteiger partial charge in [-0.25, -0.2) is 17.1 Å². The molecule has 4 nitrogen and oxygen atoms in total. The maximum absolute atomic E-state index is 13.3. The van der Waals surface area contributed by atoms with Crippen LogP contribution in [0.15, 0.2) is 16.6 Å². The molecule has 1 aliphatic heterocycles. The molecular formula is C11H11BrFNO3S. The van der Waals surface area contributed by atoms with Gasteiger partial charge in [-0.1, -0.05) is 0 Å². The van der Waals surface area contributed by atoms with Crippen molar-refractivity contribution in [2.75, 3.05) is 4.31 Å². The van der Waals surface area contributed by atoms with Gasteiger partial charge in [-0.05, 0) is 54.4 Å². The minimum absolute atomic E-state index is 0.121. The van der Waals surface area contributed by atoms with Gasteiger partial charge >= 0.3 is 0 Å². The molecule has 1 aromatic rings. The monoisotopic (exact) mass is 335 g/mol. The molecule has 18 heavy (non-hydrogen) atoms. The third-order valence-electron chi connectivity index (χ3n) is 3.04. The fourth-order valence-electron chi connectivity index (χ4n) is 1.75. The molecule has 1 aromatic carbocycles. The first-order valence-electron chi connectivity index (χ1n) is 5.15. The lowest BCUT2D eigenvalue weighted by atomic mass is 10.1. The third kappa shape index (κ3) is 1.53. The molecule has 0 saturated carbocycles. The molecule has 0 atom stereocenters. The van der Waals surface area contributed by atoms with Crippen molar-refractivity contribution in [2.45, 2.75) is 25.5 Å². The number of aryl methyl sites for hydroxylation is 1. The highest BCUT2D eigenvalue weighted by Gasteiger charge is 2.61. The van der Waals surface area contributed by atoms with Crippen LogP contribution in [-0.4, -0.2) is 19.1 Å². The zero-order valence-electron chi connectivity index (χ0n) is 9.99. The van der Waals surface area contributed by atoms with E-state index in [4.69, 9.17) is 0 Å². The molecule has 1 heterocycles. The standard InChI is InChI=1S/C11H11BrFNO3S/c1-6-4-8(13)7(12)5-9(6)14-10(15)11(2,3)18(14,16)17/h4-5H,1-3H3. The summed E-state index contributed by atoms with van der Waals surface area (Å²) in [4.78, 5) is 11.9. The van der Waals surface area contributed by atoms with E-state index in [9.17, 15) is 17.6 Å². The zero-order chi connectivity index (χ0) is 13.9. The number of carbonyl (C=O) groups is 1. The van der Waals surface area contributed by atoms with Gasteiger partial charge in [-0.2, -0.15) is 0 Å². The molecule has 0 aliphatic carbocycles. The summed E-state index contributed by atoms with van der Waals surface area (Å²) >= 11 is 2.98. The van der Waals surface area contributed by atoms with Gasteiger partial charge in [0.1, 0.15) is 5.82 Å². The van der Waals surface area contributed by atoms with Gasteiger partial charge < -0.3 is 0 Å². The Bertz CT molecular complexity index is 654. The highest BCUT2D eigenvalue weighted by molar-refractivity contribution is 9.10. The van der Waals surface area contributed by atoms with E-state index in [1.165, 1.54) is 26.0 Å². The summed E-state index contributed by atoms with van der Waals surface area (Å²) in [6.45, 7) is 4.27. The topological polar surface area (TPSA) is 54.5 Å². The Kier molecular flexibility index (Phi) is 2.82. The number of amides is 1. The summed E-state index contributed by atoms with van der Waals surface area (Å²) in [5.74, 6) is -1.01. The van der Waals surface area contributed by atoms with E-state index in [1.54, 1.807) is 6.92 Å². The molecule has 0 N–H and O–H groups in total. The number of benzene rings is 1. The fraction of sp³-hybridized carbons (Fsp3) is 0.364. The van der Waals surface area contributed by atoms with E-state index in [0.29, 0.717) is 5.56 Å². The number of nitrogens with zero attached hydrogens (tertiary/aromatic N) is 1. The lowest BCUT2D eigenvalue weighted by Gasteiger charge is -2.43. The van der Waals surface area contributed by atoms with E-state index in [2.05, 4.69) is 15.9 Å². The number of hydrogen-bond acceptors (Lipinski definition) is 3. The first-order chi connectivity index (χ1) is 8.10. The number of hydrogen-bond donors (Lipinski definition) is 0. The Morgan fingerprint density at radius 3 is 2.39 bits per heavy atom. The normalized spacial score (nSPS) is 20.7. The number of anilines is 1. The van der Waals surface area contributed by atoms with Crippen LogP contribution in [0.2, 0.25) is 0 Å². The van der Waals surface area contributed by atoms with E-state index in [0.717, 1.165) is 4.31 Å². The molecule has 1 aliphatic rings. The van der Waals surface area contributed by atoms with E-state index in [-0.39, 0.29) is 10.2 Å². The Balaban J connectivity index is 2.60. The number of sulfonamides is 1. The van der Waals surface area contributed by atoms with Crippen molar-refractivity contribution in [3.05, 3.63) is 28.0 Å². The van der Waals surface area contributed by atoms with Crippen molar-refractivity contribution in [1.82, 2.24) is 0 Å². The Labute approximate surface area is 113 Å². The van der Waals surface area contributed by atoms with Gasteiger partial charge in [0.05, 0.1) is 10.2 Å². The van der Waals surface area contributed by atoms with E-state index >= 15 is 0 Å². The van der Waals surface area contributed by atoms with Gasteiger partial charge in [-0.3, -0.25) is 4.79 Å². The minimum Gasteiger partial charge on any atom is -0.272 e. The summed E-state index contributed by atoms with van der Waals surface area (Å²) in [5.41, 5.74) is 0.579. The number of halogens is 2. The first-order valence-corrected chi connectivity index (χ1v) is 7.39. The smallest absolute Gasteiger partial charge is 0.263 e. The molecule has 0 unspecified atom stereocenters. The molecule has 2 rings (SSSR count). The number of rotatable bonds is 1. The molecule has 0 bridgehead atoms. The van der Waals surface area contributed by atoms with Crippen LogP contribution in [0, 0.1) is 12.7 Å². The molecule has 0 spiro atoms. The van der Waals surface area contributed by atoms with Crippen LogP contribution < -0.4 is 4.31 Å². The third-order valence-corrected chi connectivity index (χ3v) is 5.96. The Morgan fingerprint density at radius 1 is 1.33 bits per heavy atom. The van der Waals surface area contributed by atoms with Gasteiger partial charge in [0, 0.05) is 0 Å². The lowest BCUT2D eigenvalue weighted by molar-refractivity contribution is -0.120. The molecule has 0 radical (unpaired) electrons. The number of carbonyl (C=O) groups excluding carboxylic acids is 1. The van der Waals surface area contributed by atoms with Gasteiger partial charge in [0.25, 0.3) is 15.9 Å². The van der Waals surface area contributed by atoms with Gasteiger partial charge in [-0.15, -0.1) is 0 Å². The van der Waals surface area contributed by atoms with Crippen molar-refractivity contribution in [2.24, 2.45) is 0 Å². The van der Waals surface area contributed by atoms with Crippen molar-refractivity contribution in [1.29, 1.82) is 0 Å². The van der Waals surface area contributed by atoms with E-state index in [1.807, 2.05) is 0 Å². The molecular weight excluding hydrogens is 325 g/mol. The van der Waals surface area contributed by atoms with Crippen LogP contribution >= 0.6 is 15.9 Å². The second kappa shape index (κ2) is 3.77. The quantitative estimate of drug-likeness (QED) is 0.791. The second-order valence-corrected chi connectivity index (χ2v) is 7.83. The molecule has 98 valence electrons. The average Bonchev–Trinajstić information content (AvgIpc) is 2.25. The summed E-state index contributed by atoms with van der Waals surface area (Å²) in [5, 5.41) is 0. The van der Waals surface area contributed by atoms with Crippen LogP contribution in [-0.2, 0) is 14.8 Å². The van der Waals surface area contributed by atoms with Crippen LogP contribution in [0.3, 0.4) is 0 Å². The van der Waals surface area contributed by atoms with Crippen LogP contribution in [0.5, 0.6) is 0 Å². The Morgan fingerprint density at radius 2 is 1.89 bits per heavy atom. The largest absolute Gasteiger partial charge is 0.272 e. The SMILES string of the molecule is Cc1cc(F)c(Br)cc1N1C(=O)C(C)(C)S1(=O)=O. The van der Waals surface area contributed by atoms with Gasteiger partial charge in [0.2, 0.25) is 0 Å². The summed E-state index contributed by atoms with van der Waals surface area (Å²) in [6.07, 6.45) is 0. The van der Waals surface area contributed by atoms with Crippen molar-refractivity contribution in [3.63, 3.8) is 0 Å². The summed E-state index contributed by atoms with van der Waals surface area (Å²) < 4.78 is 36.8. The minimum atomic E-state index is -3.71. The fourth-order valence-corrected chi connectivity index (χ4v) is 3.62. The maximum Gasteiger partial charge on any atom is 0.263 e. The second-order valence-electron chi connectivity index (χ2n) is 4.64. The predicted molar refractivity (Wildman–Crippen MR) is 69.3 cm³/mol. The van der Waals surface area contributed by atoms with Crippen molar-refractivity contribution < 1.29 is 17.6 Å².